The molecule has 0 aliphatic rings. The molecule has 5 nitrogen and oxygen atoms in total. The summed E-state index contributed by atoms with van der Waals surface area (Å²) in [5, 5.41) is 3.98. The van der Waals surface area contributed by atoms with Gasteiger partial charge in [-0.05, 0) is 29.7 Å². The topological polar surface area (TPSA) is 68.3 Å². The van der Waals surface area contributed by atoms with Crippen LogP contribution >= 0.6 is 11.6 Å². The predicted octanol–water partition coefficient (Wildman–Crippen LogP) is 3.82. The number of rotatable bonds is 4. The molecule has 0 unspecified atom stereocenters. The van der Waals surface area contributed by atoms with Gasteiger partial charge in [0.2, 0.25) is 0 Å². The van der Waals surface area contributed by atoms with Crippen molar-refractivity contribution in [2.75, 3.05) is 11.9 Å². The van der Waals surface area contributed by atoms with E-state index in [0.717, 1.165) is 11.5 Å². The number of aromatic nitrogens is 1. The van der Waals surface area contributed by atoms with Crippen LogP contribution in [0.4, 0.5) is 10.1 Å². The number of anilines is 1. The summed E-state index contributed by atoms with van der Waals surface area (Å²) in [5.41, 5.74) is 0.0670. The number of amides is 1. The van der Waals surface area contributed by atoms with Crippen LogP contribution in [0.3, 0.4) is 0 Å². The summed E-state index contributed by atoms with van der Waals surface area (Å²) in [4.78, 5) is 28.0. The fourth-order valence-corrected chi connectivity index (χ4v) is 2.42. The van der Waals surface area contributed by atoms with Crippen molar-refractivity contribution in [2.24, 2.45) is 0 Å². The molecule has 0 atom stereocenters. The largest absolute Gasteiger partial charge is 0.451 e. The molecule has 25 heavy (non-hydrogen) atoms. The maximum absolute atomic E-state index is 13.6. The zero-order valence-corrected chi connectivity index (χ0v) is 13.6. The zero-order chi connectivity index (χ0) is 17.8. The van der Waals surface area contributed by atoms with Gasteiger partial charge in [-0.2, -0.15) is 0 Å². The quantitative estimate of drug-likeness (QED) is 0.720. The lowest BCUT2D eigenvalue weighted by Crippen LogP contribution is -2.22. The average Bonchev–Trinajstić information content (AvgIpc) is 2.61. The van der Waals surface area contributed by atoms with E-state index in [1.54, 1.807) is 18.2 Å². The van der Waals surface area contributed by atoms with Gasteiger partial charge < -0.3 is 10.1 Å². The Bertz CT molecular complexity index is 957. The second-order valence-electron chi connectivity index (χ2n) is 5.13. The lowest BCUT2D eigenvalue weighted by molar-refractivity contribution is -0.119. The van der Waals surface area contributed by atoms with Gasteiger partial charge in [-0.3, -0.25) is 4.79 Å². The number of pyridine rings is 1. The highest BCUT2D eigenvalue weighted by Gasteiger charge is 2.15. The summed E-state index contributed by atoms with van der Waals surface area (Å²) in [6, 6.07) is 12.8. The molecule has 1 N–H and O–H groups in total. The maximum atomic E-state index is 13.6. The second-order valence-corrected chi connectivity index (χ2v) is 5.57. The van der Waals surface area contributed by atoms with Gasteiger partial charge in [0.25, 0.3) is 5.91 Å². The van der Waals surface area contributed by atoms with E-state index < -0.39 is 24.3 Å². The summed E-state index contributed by atoms with van der Waals surface area (Å²) in [6.45, 7) is -0.564. The molecule has 0 aliphatic heterocycles. The van der Waals surface area contributed by atoms with Gasteiger partial charge in [0.1, 0.15) is 5.82 Å². The Morgan fingerprint density at radius 2 is 1.96 bits per heavy atom. The number of hydrogen-bond donors (Lipinski definition) is 1. The molecule has 3 aromatic rings. The van der Waals surface area contributed by atoms with E-state index >= 15 is 0 Å². The first-order chi connectivity index (χ1) is 12.0. The smallest absolute Gasteiger partial charge is 0.358 e. The van der Waals surface area contributed by atoms with Gasteiger partial charge in [0.05, 0.1) is 5.69 Å². The Balaban J connectivity index is 1.66. The average molecular weight is 359 g/mol. The van der Waals surface area contributed by atoms with Gasteiger partial charge in [-0.25, -0.2) is 14.2 Å². The molecule has 0 aliphatic carbocycles. The number of benzene rings is 2. The number of nitrogens with zero attached hydrogens (tertiary/aromatic N) is 1. The highest BCUT2D eigenvalue weighted by Crippen LogP contribution is 2.19. The maximum Gasteiger partial charge on any atom is 0.358 e. The third-order valence-electron chi connectivity index (χ3n) is 3.41. The summed E-state index contributed by atoms with van der Waals surface area (Å²) in [7, 11) is 0. The van der Waals surface area contributed by atoms with Crippen LogP contribution < -0.4 is 5.32 Å². The molecule has 0 saturated heterocycles. The molecule has 0 saturated carbocycles. The molecule has 3 rings (SSSR count). The molecule has 0 spiro atoms. The lowest BCUT2D eigenvalue weighted by atomic mass is 10.1. The number of nitrogens with one attached hydrogen (secondary N) is 1. The molecule has 126 valence electrons. The summed E-state index contributed by atoms with van der Waals surface area (Å²) >= 11 is 5.64. The van der Waals surface area contributed by atoms with Crippen LogP contribution in [0, 0.1) is 5.82 Å². The number of halogens is 2. The summed E-state index contributed by atoms with van der Waals surface area (Å²) in [6.07, 6.45) is 1.49. The SMILES string of the molecule is O=C(COC(=O)c1nccc2ccccc12)Nc1ccc(Cl)cc1F. The number of carbonyl (C=O) groups excluding carboxylic acids is 2. The van der Waals surface area contributed by atoms with E-state index in [1.165, 1.54) is 18.3 Å². The van der Waals surface area contributed by atoms with Crippen LogP contribution in [0.1, 0.15) is 10.5 Å². The molecular formula is C18H12ClFN2O3. The van der Waals surface area contributed by atoms with Gasteiger partial charge in [0.15, 0.2) is 12.3 Å². The Hall–Kier alpha value is -2.99. The third-order valence-corrected chi connectivity index (χ3v) is 3.64. The van der Waals surface area contributed by atoms with Crippen LogP contribution in [0.2, 0.25) is 5.02 Å². The Labute approximate surface area is 147 Å². The van der Waals surface area contributed by atoms with Crippen molar-refractivity contribution in [3.05, 3.63) is 71.3 Å². The number of fused-ring (bicyclic) bond motifs is 1. The summed E-state index contributed by atoms with van der Waals surface area (Å²) in [5.74, 6) is -2.08. The minimum atomic E-state index is -0.733. The van der Waals surface area contributed by atoms with Crippen LogP contribution in [0.15, 0.2) is 54.7 Å². The highest BCUT2D eigenvalue weighted by atomic mass is 35.5. The number of carbonyl (C=O) groups is 2. The van der Waals surface area contributed by atoms with Gasteiger partial charge in [0, 0.05) is 16.6 Å². The molecule has 2 aromatic carbocycles. The van der Waals surface area contributed by atoms with Crippen LogP contribution in [-0.4, -0.2) is 23.5 Å². The van der Waals surface area contributed by atoms with Crippen molar-refractivity contribution in [3.63, 3.8) is 0 Å². The van der Waals surface area contributed by atoms with Crippen LogP contribution in [0.5, 0.6) is 0 Å². The molecule has 0 radical (unpaired) electrons. The molecule has 0 fully saturated rings. The second kappa shape index (κ2) is 7.27. The van der Waals surface area contributed by atoms with E-state index in [9.17, 15) is 14.0 Å². The first-order valence-electron chi connectivity index (χ1n) is 7.30. The fraction of sp³-hybridized carbons (Fsp3) is 0.0556. The van der Waals surface area contributed by atoms with E-state index in [1.807, 2.05) is 12.1 Å². The molecule has 1 heterocycles. The molecular weight excluding hydrogens is 347 g/mol. The Kier molecular flexibility index (Phi) is 4.90. The predicted molar refractivity (Wildman–Crippen MR) is 92.1 cm³/mol. The van der Waals surface area contributed by atoms with Crippen molar-refractivity contribution in [2.45, 2.75) is 0 Å². The van der Waals surface area contributed by atoms with Crippen molar-refractivity contribution < 1.29 is 18.7 Å². The van der Waals surface area contributed by atoms with E-state index in [4.69, 9.17) is 16.3 Å². The number of ether oxygens (including phenoxy) is 1. The fourth-order valence-electron chi connectivity index (χ4n) is 2.26. The van der Waals surface area contributed by atoms with E-state index in [-0.39, 0.29) is 16.4 Å². The summed E-state index contributed by atoms with van der Waals surface area (Å²) < 4.78 is 18.6. The zero-order valence-electron chi connectivity index (χ0n) is 12.8. The first kappa shape index (κ1) is 16.9. The minimum Gasteiger partial charge on any atom is -0.451 e. The molecule has 0 bridgehead atoms. The van der Waals surface area contributed by atoms with Crippen molar-refractivity contribution in [1.29, 1.82) is 0 Å². The highest BCUT2D eigenvalue weighted by molar-refractivity contribution is 6.30. The number of hydrogen-bond acceptors (Lipinski definition) is 4. The lowest BCUT2D eigenvalue weighted by Gasteiger charge is -2.08. The van der Waals surface area contributed by atoms with Gasteiger partial charge in [-0.1, -0.05) is 35.9 Å². The minimum absolute atomic E-state index is 0.0475. The van der Waals surface area contributed by atoms with Crippen LogP contribution in [0.25, 0.3) is 10.8 Å². The Morgan fingerprint density at radius 3 is 2.76 bits per heavy atom. The van der Waals surface area contributed by atoms with E-state index in [2.05, 4.69) is 10.3 Å². The normalized spacial score (nSPS) is 10.5. The first-order valence-corrected chi connectivity index (χ1v) is 7.68. The van der Waals surface area contributed by atoms with E-state index in [0.29, 0.717) is 5.39 Å². The third kappa shape index (κ3) is 3.92. The van der Waals surface area contributed by atoms with Gasteiger partial charge in [-0.15, -0.1) is 0 Å². The van der Waals surface area contributed by atoms with Gasteiger partial charge >= 0.3 is 5.97 Å². The molecule has 7 heteroatoms. The number of esters is 1. The van der Waals surface area contributed by atoms with Crippen LogP contribution in [-0.2, 0) is 9.53 Å². The molecule has 1 amide bonds. The monoisotopic (exact) mass is 358 g/mol. The van der Waals surface area contributed by atoms with Crippen molar-refractivity contribution in [3.8, 4) is 0 Å². The Morgan fingerprint density at radius 1 is 1.16 bits per heavy atom. The van der Waals surface area contributed by atoms with Crippen molar-refractivity contribution >= 4 is 39.9 Å². The standard InChI is InChI=1S/C18H12ClFN2O3/c19-12-5-6-15(14(20)9-12)22-16(23)10-25-18(24)17-13-4-2-1-3-11(13)7-8-21-17/h1-9H,10H2,(H,22,23). The van der Waals surface area contributed by atoms with Crippen molar-refractivity contribution in [1.82, 2.24) is 4.98 Å². The molecule has 1 aromatic heterocycles.